The first kappa shape index (κ1) is 11.7. The van der Waals surface area contributed by atoms with Crippen molar-refractivity contribution in [2.24, 2.45) is 0 Å². The van der Waals surface area contributed by atoms with Crippen molar-refractivity contribution in [2.75, 3.05) is 0 Å². The Balaban J connectivity index is 2.67. The van der Waals surface area contributed by atoms with Crippen molar-refractivity contribution in [3.8, 4) is 12.3 Å². The summed E-state index contributed by atoms with van der Waals surface area (Å²) in [5.74, 6) is 0.881. The molecule has 0 amide bonds. The molecule has 0 atom stereocenters. The Morgan fingerprint density at radius 3 is 2.53 bits per heavy atom. The lowest BCUT2D eigenvalue weighted by Gasteiger charge is -2.19. The highest BCUT2D eigenvalue weighted by molar-refractivity contribution is 5.18. The lowest BCUT2D eigenvalue weighted by atomic mass is 10.1. The molecule has 0 bridgehead atoms. The zero-order chi connectivity index (χ0) is 11.5. The van der Waals surface area contributed by atoms with Crippen LogP contribution in [0.4, 0.5) is 8.78 Å². The third-order valence-electron chi connectivity index (χ3n) is 2.08. The first-order valence-corrected chi connectivity index (χ1v) is 4.61. The predicted molar refractivity (Wildman–Crippen MR) is 56.1 cm³/mol. The molecular weight excluding hydrogens is 196 g/mol. The van der Waals surface area contributed by atoms with Gasteiger partial charge in [0.15, 0.2) is 11.6 Å². The molecule has 15 heavy (non-hydrogen) atoms. The molecule has 1 aromatic rings. The monoisotopic (exact) mass is 209 g/mol. The zero-order valence-electron chi connectivity index (χ0n) is 8.77. The Labute approximate surface area is 88.5 Å². The van der Waals surface area contributed by atoms with Gasteiger partial charge < -0.3 is 0 Å². The number of halogens is 2. The molecule has 1 N–H and O–H groups in total. The van der Waals surface area contributed by atoms with Crippen LogP contribution in [0.2, 0.25) is 0 Å². The smallest absolute Gasteiger partial charge is 0.159 e. The summed E-state index contributed by atoms with van der Waals surface area (Å²) in [6.07, 6.45) is 5.28. The number of rotatable bonds is 3. The van der Waals surface area contributed by atoms with Gasteiger partial charge in [0.05, 0.1) is 5.54 Å². The fourth-order valence-corrected chi connectivity index (χ4v) is 1.02. The van der Waals surface area contributed by atoms with Crippen molar-refractivity contribution in [1.29, 1.82) is 0 Å². The van der Waals surface area contributed by atoms with E-state index in [0.29, 0.717) is 12.1 Å². The van der Waals surface area contributed by atoms with Crippen LogP contribution < -0.4 is 5.32 Å². The Morgan fingerprint density at radius 1 is 1.33 bits per heavy atom. The van der Waals surface area contributed by atoms with Gasteiger partial charge in [-0.05, 0) is 31.5 Å². The Bertz CT molecular complexity index is 391. The molecule has 0 radical (unpaired) electrons. The van der Waals surface area contributed by atoms with Gasteiger partial charge in [0, 0.05) is 6.54 Å². The molecule has 0 aromatic heterocycles. The van der Waals surface area contributed by atoms with Crippen LogP contribution in [0.25, 0.3) is 0 Å². The van der Waals surface area contributed by atoms with Gasteiger partial charge in [-0.25, -0.2) is 8.78 Å². The molecule has 0 fully saturated rings. The van der Waals surface area contributed by atoms with E-state index in [-0.39, 0.29) is 0 Å². The largest absolute Gasteiger partial charge is 0.298 e. The normalized spacial score (nSPS) is 11.1. The van der Waals surface area contributed by atoms with Gasteiger partial charge in [-0.3, -0.25) is 5.32 Å². The maximum Gasteiger partial charge on any atom is 0.159 e. The quantitative estimate of drug-likeness (QED) is 0.754. The second-order valence-corrected chi connectivity index (χ2v) is 3.87. The van der Waals surface area contributed by atoms with E-state index in [9.17, 15) is 8.78 Å². The summed E-state index contributed by atoms with van der Waals surface area (Å²) in [6.45, 7) is 4.09. The van der Waals surface area contributed by atoms with Crippen molar-refractivity contribution in [3.05, 3.63) is 35.4 Å². The van der Waals surface area contributed by atoms with E-state index in [1.165, 1.54) is 6.07 Å². The molecule has 0 aliphatic heterocycles. The topological polar surface area (TPSA) is 12.0 Å². The number of nitrogens with one attached hydrogen (secondary N) is 1. The third-order valence-corrected chi connectivity index (χ3v) is 2.08. The first-order chi connectivity index (χ1) is 6.94. The molecular formula is C12H13F2N. The van der Waals surface area contributed by atoms with E-state index in [1.54, 1.807) is 0 Å². The van der Waals surface area contributed by atoms with Crippen LogP contribution in [-0.4, -0.2) is 5.54 Å². The summed E-state index contributed by atoms with van der Waals surface area (Å²) >= 11 is 0. The molecule has 0 heterocycles. The molecule has 1 rings (SSSR count). The minimum absolute atomic E-state index is 0.411. The molecule has 0 saturated heterocycles. The van der Waals surface area contributed by atoms with Gasteiger partial charge in [0.2, 0.25) is 0 Å². The number of hydrogen-bond acceptors (Lipinski definition) is 1. The number of terminal acetylenes is 1. The second kappa shape index (κ2) is 4.41. The molecule has 0 aliphatic carbocycles. The van der Waals surface area contributed by atoms with Gasteiger partial charge in [0.25, 0.3) is 0 Å². The Morgan fingerprint density at radius 2 is 2.00 bits per heavy atom. The zero-order valence-corrected chi connectivity index (χ0v) is 8.77. The molecule has 1 aromatic carbocycles. The minimum Gasteiger partial charge on any atom is -0.298 e. The van der Waals surface area contributed by atoms with E-state index < -0.39 is 17.2 Å². The van der Waals surface area contributed by atoms with Crippen molar-refractivity contribution < 1.29 is 8.78 Å². The van der Waals surface area contributed by atoms with Crippen molar-refractivity contribution in [1.82, 2.24) is 5.32 Å². The first-order valence-electron chi connectivity index (χ1n) is 4.61. The van der Waals surface area contributed by atoms with Crippen molar-refractivity contribution in [2.45, 2.75) is 25.9 Å². The third kappa shape index (κ3) is 3.34. The van der Waals surface area contributed by atoms with Crippen molar-refractivity contribution in [3.63, 3.8) is 0 Å². The van der Waals surface area contributed by atoms with E-state index in [4.69, 9.17) is 6.42 Å². The minimum atomic E-state index is -0.840. The molecule has 0 saturated carbocycles. The van der Waals surface area contributed by atoms with Gasteiger partial charge >= 0.3 is 0 Å². The lowest BCUT2D eigenvalue weighted by Crippen LogP contribution is -2.36. The van der Waals surface area contributed by atoms with Crippen molar-refractivity contribution >= 4 is 0 Å². The SMILES string of the molecule is C#CC(C)(C)NCc1ccc(F)c(F)c1. The van der Waals surface area contributed by atoms with Gasteiger partial charge in [0.1, 0.15) is 0 Å². The highest BCUT2D eigenvalue weighted by Crippen LogP contribution is 2.09. The standard InChI is InChI=1S/C12H13F2N/c1-4-12(2,3)15-8-9-5-6-10(13)11(14)7-9/h1,5-7,15H,8H2,2-3H3. The highest BCUT2D eigenvalue weighted by atomic mass is 19.2. The number of benzene rings is 1. The maximum absolute atomic E-state index is 12.8. The summed E-state index contributed by atoms with van der Waals surface area (Å²) in [7, 11) is 0. The fourth-order valence-electron chi connectivity index (χ4n) is 1.02. The molecule has 0 aliphatic rings. The summed E-state index contributed by atoms with van der Waals surface area (Å²) in [4.78, 5) is 0. The summed E-state index contributed by atoms with van der Waals surface area (Å²) in [5.41, 5.74) is 0.211. The molecule has 0 spiro atoms. The predicted octanol–water partition coefficient (Wildman–Crippen LogP) is 2.47. The van der Waals surface area contributed by atoms with E-state index in [0.717, 1.165) is 12.1 Å². The van der Waals surface area contributed by atoms with Crippen LogP contribution in [0.15, 0.2) is 18.2 Å². The van der Waals surface area contributed by atoms with Crippen LogP contribution in [0, 0.1) is 24.0 Å². The molecule has 1 nitrogen and oxygen atoms in total. The second-order valence-electron chi connectivity index (χ2n) is 3.87. The van der Waals surface area contributed by atoms with E-state index >= 15 is 0 Å². The van der Waals surface area contributed by atoms with Gasteiger partial charge in [-0.15, -0.1) is 6.42 Å². The average Bonchev–Trinajstić information content (AvgIpc) is 2.20. The summed E-state index contributed by atoms with van der Waals surface area (Å²) in [6, 6.07) is 3.79. The maximum atomic E-state index is 12.8. The van der Waals surface area contributed by atoms with Gasteiger partial charge in [-0.2, -0.15) is 0 Å². The fraction of sp³-hybridized carbons (Fsp3) is 0.333. The van der Waals surface area contributed by atoms with Crippen LogP contribution in [0.3, 0.4) is 0 Å². The molecule has 80 valence electrons. The lowest BCUT2D eigenvalue weighted by molar-refractivity contribution is 0.482. The van der Waals surface area contributed by atoms with E-state index in [2.05, 4.69) is 11.2 Å². The number of hydrogen-bond donors (Lipinski definition) is 1. The average molecular weight is 209 g/mol. The van der Waals surface area contributed by atoms with Crippen LogP contribution in [-0.2, 0) is 6.54 Å². The van der Waals surface area contributed by atoms with Crippen LogP contribution >= 0.6 is 0 Å². The highest BCUT2D eigenvalue weighted by Gasteiger charge is 2.12. The molecule has 3 heteroatoms. The summed E-state index contributed by atoms with van der Waals surface area (Å²) in [5, 5.41) is 3.05. The van der Waals surface area contributed by atoms with Crippen LogP contribution in [0.1, 0.15) is 19.4 Å². The van der Waals surface area contributed by atoms with E-state index in [1.807, 2.05) is 13.8 Å². The molecule has 0 unspecified atom stereocenters. The Hall–Kier alpha value is -1.40. The Kier molecular flexibility index (Phi) is 3.43. The van der Waals surface area contributed by atoms with Gasteiger partial charge in [-0.1, -0.05) is 12.0 Å². The summed E-state index contributed by atoms with van der Waals surface area (Å²) < 4.78 is 25.4. The van der Waals surface area contributed by atoms with Crippen LogP contribution in [0.5, 0.6) is 0 Å².